The molecule has 0 bridgehead atoms. The van der Waals surface area contributed by atoms with E-state index in [-0.39, 0.29) is 11.7 Å². The predicted molar refractivity (Wildman–Crippen MR) is 78.9 cm³/mol. The first-order chi connectivity index (χ1) is 9.56. The van der Waals surface area contributed by atoms with Crippen LogP contribution in [0.1, 0.15) is 26.2 Å². The summed E-state index contributed by atoms with van der Waals surface area (Å²) in [6.07, 6.45) is 1.59. The molecule has 0 atom stereocenters. The van der Waals surface area contributed by atoms with Gasteiger partial charge in [-0.25, -0.2) is 4.39 Å². The minimum Gasteiger partial charge on any atom is -0.421 e. The van der Waals surface area contributed by atoms with Crippen LogP contribution in [0.3, 0.4) is 0 Å². The molecule has 1 N–H and O–H groups in total. The number of hydrogen-bond donors (Lipinski definition) is 1. The molecule has 20 heavy (non-hydrogen) atoms. The summed E-state index contributed by atoms with van der Waals surface area (Å²) in [7, 11) is 0. The number of nitrogens with zero attached hydrogens (tertiary/aromatic N) is 2. The fourth-order valence-electron chi connectivity index (χ4n) is 1.76. The molecule has 108 valence electrons. The lowest BCUT2D eigenvalue weighted by molar-refractivity contribution is 0.481. The van der Waals surface area contributed by atoms with Gasteiger partial charge >= 0.3 is 0 Å². The van der Waals surface area contributed by atoms with Crippen LogP contribution in [0.15, 0.2) is 27.1 Å². The Labute approximate surface area is 125 Å². The molecule has 0 spiro atoms. The van der Waals surface area contributed by atoms with E-state index in [9.17, 15) is 4.39 Å². The van der Waals surface area contributed by atoms with Gasteiger partial charge in [-0.15, -0.1) is 10.2 Å². The molecule has 1 heterocycles. The standard InChI is InChI=1S/C14H17BrFN3O/c1-9(2)17-7-3-4-13-18-19-14(20-13)11-8-10(15)5-6-12(11)16/h5-6,8-9,17H,3-4,7H2,1-2H3. The van der Waals surface area contributed by atoms with Crippen LogP contribution in [0, 0.1) is 5.82 Å². The first kappa shape index (κ1) is 15.1. The largest absolute Gasteiger partial charge is 0.421 e. The molecule has 0 aliphatic rings. The number of aromatic nitrogens is 2. The molecule has 0 aliphatic heterocycles. The normalized spacial score (nSPS) is 11.2. The van der Waals surface area contributed by atoms with Gasteiger partial charge in [0.25, 0.3) is 5.89 Å². The average Bonchev–Trinajstić information content (AvgIpc) is 2.86. The van der Waals surface area contributed by atoms with Crippen molar-refractivity contribution in [3.05, 3.63) is 34.4 Å². The Hall–Kier alpha value is -1.27. The van der Waals surface area contributed by atoms with E-state index in [0.29, 0.717) is 23.9 Å². The van der Waals surface area contributed by atoms with Crippen molar-refractivity contribution in [2.75, 3.05) is 6.54 Å². The monoisotopic (exact) mass is 341 g/mol. The molecule has 1 aromatic carbocycles. The Morgan fingerprint density at radius 3 is 2.90 bits per heavy atom. The van der Waals surface area contributed by atoms with Gasteiger partial charge in [0.1, 0.15) is 5.82 Å². The van der Waals surface area contributed by atoms with Crippen molar-refractivity contribution in [1.29, 1.82) is 0 Å². The molecule has 0 radical (unpaired) electrons. The van der Waals surface area contributed by atoms with Crippen molar-refractivity contribution < 1.29 is 8.81 Å². The molecule has 4 nitrogen and oxygen atoms in total. The van der Waals surface area contributed by atoms with Gasteiger partial charge in [0.2, 0.25) is 5.89 Å². The minimum atomic E-state index is -0.370. The Kier molecular flexibility index (Phi) is 5.25. The second-order valence-electron chi connectivity index (χ2n) is 4.84. The third-order valence-corrected chi connectivity index (χ3v) is 3.24. The summed E-state index contributed by atoms with van der Waals surface area (Å²) in [4.78, 5) is 0. The van der Waals surface area contributed by atoms with E-state index < -0.39 is 0 Å². The van der Waals surface area contributed by atoms with E-state index in [1.807, 2.05) is 0 Å². The highest BCUT2D eigenvalue weighted by Crippen LogP contribution is 2.25. The summed E-state index contributed by atoms with van der Waals surface area (Å²) >= 11 is 3.30. The molecular weight excluding hydrogens is 325 g/mol. The van der Waals surface area contributed by atoms with E-state index >= 15 is 0 Å². The van der Waals surface area contributed by atoms with Gasteiger partial charge in [0.05, 0.1) is 5.56 Å². The highest BCUT2D eigenvalue weighted by atomic mass is 79.9. The predicted octanol–water partition coefficient (Wildman–Crippen LogP) is 3.57. The Morgan fingerprint density at radius 1 is 1.35 bits per heavy atom. The SMILES string of the molecule is CC(C)NCCCc1nnc(-c2cc(Br)ccc2F)o1. The third kappa shape index (κ3) is 4.11. The van der Waals surface area contributed by atoms with Crippen LogP contribution in [0.2, 0.25) is 0 Å². The van der Waals surface area contributed by atoms with Gasteiger partial charge in [0.15, 0.2) is 0 Å². The second kappa shape index (κ2) is 6.95. The van der Waals surface area contributed by atoms with Crippen molar-refractivity contribution in [1.82, 2.24) is 15.5 Å². The number of hydrogen-bond acceptors (Lipinski definition) is 4. The molecule has 0 aliphatic carbocycles. The summed E-state index contributed by atoms with van der Waals surface area (Å²) in [6.45, 7) is 5.09. The maximum Gasteiger partial charge on any atom is 0.250 e. The highest BCUT2D eigenvalue weighted by molar-refractivity contribution is 9.10. The van der Waals surface area contributed by atoms with Crippen LogP contribution in [0.5, 0.6) is 0 Å². The van der Waals surface area contributed by atoms with Crippen molar-refractivity contribution >= 4 is 15.9 Å². The molecule has 0 saturated carbocycles. The van der Waals surface area contributed by atoms with E-state index in [1.165, 1.54) is 6.07 Å². The first-order valence-electron chi connectivity index (χ1n) is 6.57. The molecule has 2 aromatic rings. The second-order valence-corrected chi connectivity index (χ2v) is 5.75. The quantitative estimate of drug-likeness (QED) is 0.816. The number of benzene rings is 1. The third-order valence-electron chi connectivity index (χ3n) is 2.75. The van der Waals surface area contributed by atoms with E-state index in [0.717, 1.165) is 17.4 Å². The van der Waals surface area contributed by atoms with Gasteiger partial charge < -0.3 is 9.73 Å². The van der Waals surface area contributed by atoms with Gasteiger partial charge in [-0.2, -0.15) is 0 Å². The van der Waals surface area contributed by atoms with Crippen LogP contribution in [-0.4, -0.2) is 22.8 Å². The van der Waals surface area contributed by atoms with E-state index in [2.05, 4.69) is 45.3 Å². The lowest BCUT2D eigenvalue weighted by atomic mass is 10.2. The Balaban J connectivity index is 2.00. The summed E-state index contributed by atoms with van der Waals surface area (Å²) in [6, 6.07) is 5.10. The number of aryl methyl sites for hydroxylation is 1. The topological polar surface area (TPSA) is 51.0 Å². The molecule has 1 aromatic heterocycles. The molecule has 2 rings (SSSR count). The summed E-state index contributed by atoms with van der Waals surface area (Å²) < 4.78 is 20.0. The molecular formula is C14H17BrFN3O. The van der Waals surface area contributed by atoms with E-state index in [1.54, 1.807) is 12.1 Å². The maximum atomic E-state index is 13.7. The summed E-state index contributed by atoms with van der Waals surface area (Å²) in [5, 5.41) is 11.2. The van der Waals surface area contributed by atoms with Crippen LogP contribution in [0.4, 0.5) is 4.39 Å². The highest BCUT2D eigenvalue weighted by Gasteiger charge is 2.13. The van der Waals surface area contributed by atoms with Crippen LogP contribution in [-0.2, 0) is 6.42 Å². The van der Waals surface area contributed by atoms with Crippen LogP contribution < -0.4 is 5.32 Å². The van der Waals surface area contributed by atoms with Gasteiger partial charge in [-0.05, 0) is 31.2 Å². The molecule has 0 saturated heterocycles. The molecule has 0 unspecified atom stereocenters. The zero-order valence-corrected chi connectivity index (χ0v) is 13.1. The Bertz CT molecular complexity index is 571. The van der Waals surface area contributed by atoms with Crippen molar-refractivity contribution in [3.8, 4) is 11.5 Å². The van der Waals surface area contributed by atoms with Crippen molar-refractivity contribution in [2.24, 2.45) is 0 Å². The van der Waals surface area contributed by atoms with Crippen LogP contribution >= 0.6 is 15.9 Å². The van der Waals surface area contributed by atoms with Crippen molar-refractivity contribution in [3.63, 3.8) is 0 Å². The van der Waals surface area contributed by atoms with Gasteiger partial charge in [-0.3, -0.25) is 0 Å². The molecule has 0 fully saturated rings. The zero-order valence-electron chi connectivity index (χ0n) is 11.5. The average molecular weight is 342 g/mol. The van der Waals surface area contributed by atoms with Crippen molar-refractivity contribution in [2.45, 2.75) is 32.7 Å². The fourth-order valence-corrected chi connectivity index (χ4v) is 2.12. The van der Waals surface area contributed by atoms with Crippen LogP contribution in [0.25, 0.3) is 11.5 Å². The number of halogens is 2. The van der Waals surface area contributed by atoms with Gasteiger partial charge in [0, 0.05) is 16.9 Å². The number of rotatable bonds is 6. The lowest BCUT2D eigenvalue weighted by Crippen LogP contribution is -2.23. The lowest BCUT2D eigenvalue weighted by Gasteiger charge is -2.05. The summed E-state index contributed by atoms with van der Waals surface area (Å²) in [5.74, 6) is 0.380. The zero-order chi connectivity index (χ0) is 14.5. The first-order valence-corrected chi connectivity index (χ1v) is 7.36. The number of nitrogens with one attached hydrogen (secondary N) is 1. The Morgan fingerprint density at radius 2 is 2.15 bits per heavy atom. The van der Waals surface area contributed by atoms with E-state index in [4.69, 9.17) is 4.42 Å². The minimum absolute atomic E-state index is 0.218. The van der Waals surface area contributed by atoms with Gasteiger partial charge in [-0.1, -0.05) is 29.8 Å². The summed E-state index contributed by atoms with van der Waals surface area (Å²) in [5.41, 5.74) is 0.318. The smallest absolute Gasteiger partial charge is 0.250 e. The fraction of sp³-hybridized carbons (Fsp3) is 0.429. The molecule has 0 amide bonds. The maximum absolute atomic E-state index is 13.7. The molecule has 6 heteroatoms.